The maximum atomic E-state index is 13.0. The Kier molecular flexibility index (Phi) is 10.3. The summed E-state index contributed by atoms with van der Waals surface area (Å²) >= 11 is 0. The molecule has 3 unspecified atom stereocenters. The first-order chi connectivity index (χ1) is 11.6. The maximum absolute atomic E-state index is 13.0. The van der Waals surface area contributed by atoms with Crippen LogP contribution in [0.3, 0.4) is 0 Å². The van der Waals surface area contributed by atoms with Crippen LogP contribution < -0.4 is 0 Å². The molecule has 0 saturated heterocycles. The van der Waals surface area contributed by atoms with Crippen molar-refractivity contribution in [1.82, 2.24) is 0 Å². The normalized spacial score (nSPS) is 17.4. The minimum atomic E-state index is -4.11. The van der Waals surface area contributed by atoms with E-state index in [0.717, 1.165) is 18.8 Å². The van der Waals surface area contributed by atoms with Gasteiger partial charge < -0.3 is 0 Å². The van der Waals surface area contributed by atoms with Gasteiger partial charge in [0.1, 0.15) is 0 Å². The van der Waals surface area contributed by atoms with E-state index in [4.69, 9.17) is 0 Å². The summed E-state index contributed by atoms with van der Waals surface area (Å²) in [6.07, 6.45) is 3.01. The van der Waals surface area contributed by atoms with Crippen LogP contribution in [0.4, 0.5) is 13.2 Å². The van der Waals surface area contributed by atoms with Gasteiger partial charge in [-0.05, 0) is 54.8 Å². The molecule has 0 rings (SSSR count). The second-order valence-corrected chi connectivity index (χ2v) is 11.0. The third-order valence-corrected chi connectivity index (χ3v) is 5.86. The smallest absolute Gasteiger partial charge is 0.171 e. The monoisotopic (exact) mass is 378 g/mol. The Bertz CT molecular complexity index is 379. The Hall–Kier alpha value is -0.210. The Balaban J connectivity index is 4.20. The zero-order valence-electron chi connectivity index (χ0n) is 18.9. The Labute approximate surface area is 161 Å². The van der Waals surface area contributed by atoms with Gasteiger partial charge in [0.2, 0.25) is 0 Å². The van der Waals surface area contributed by atoms with E-state index in [1.54, 1.807) is 0 Å². The first-order valence-corrected chi connectivity index (χ1v) is 10.6. The van der Waals surface area contributed by atoms with Gasteiger partial charge in [0.15, 0.2) is 0 Å². The van der Waals surface area contributed by atoms with E-state index in [2.05, 4.69) is 41.5 Å². The zero-order chi connectivity index (χ0) is 20.8. The summed E-state index contributed by atoms with van der Waals surface area (Å²) in [5, 5.41) is 0. The molecule has 0 aliphatic carbocycles. The van der Waals surface area contributed by atoms with Crippen molar-refractivity contribution in [2.24, 2.45) is 34.5 Å². The van der Waals surface area contributed by atoms with Crippen molar-refractivity contribution in [3.8, 4) is 0 Å². The molecule has 0 aromatic carbocycles. The van der Waals surface area contributed by atoms with Gasteiger partial charge >= 0.3 is 6.18 Å². The summed E-state index contributed by atoms with van der Waals surface area (Å²) < 4.78 is 39.1. The van der Waals surface area contributed by atoms with Crippen molar-refractivity contribution >= 4 is 0 Å². The van der Waals surface area contributed by atoms with Crippen molar-refractivity contribution in [3.05, 3.63) is 0 Å². The van der Waals surface area contributed by atoms with E-state index in [-0.39, 0.29) is 12.3 Å². The average molecular weight is 379 g/mol. The lowest BCUT2D eigenvalue weighted by Gasteiger charge is -2.31. The number of rotatable bonds is 12. The molecule has 0 nitrogen and oxygen atoms in total. The molecular weight excluding hydrogens is 333 g/mol. The molecule has 0 fully saturated rings. The average Bonchev–Trinajstić information content (AvgIpc) is 2.40. The molecule has 0 radical (unpaired) electrons. The SMILES string of the molecule is CC(C)CC(C)(C)CCC(C)CC(C)CCC(C)CC(C)(C)C(F)(F)F. The highest BCUT2D eigenvalue weighted by Crippen LogP contribution is 2.43. The Morgan fingerprint density at radius 3 is 1.58 bits per heavy atom. The van der Waals surface area contributed by atoms with Crippen LogP contribution in [0.1, 0.15) is 107 Å². The summed E-state index contributed by atoms with van der Waals surface area (Å²) in [5.74, 6) is 2.14. The fourth-order valence-corrected chi connectivity index (χ4v) is 4.42. The van der Waals surface area contributed by atoms with Crippen LogP contribution in [0.25, 0.3) is 0 Å². The van der Waals surface area contributed by atoms with Crippen LogP contribution in [0.5, 0.6) is 0 Å². The van der Waals surface area contributed by atoms with Gasteiger partial charge in [0, 0.05) is 0 Å². The first kappa shape index (κ1) is 25.8. The highest BCUT2D eigenvalue weighted by atomic mass is 19.4. The van der Waals surface area contributed by atoms with Crippen molar-refractivity contribution in [2.75, 3.05) is 0 Å². The topological polar surface area (TPSA) is 0 Å². The molecule has 3 atom stereocenters. The number of hydrogen-bond donors (Lipinski definition) is 0. The van der Waals surface area contributed by atoms with E-state index in [9.17, 15) is 13.2 Å². The van der Waals surface area contributed by atoms with Crippen molar-refractivity contribution < 1.29 is 13.2 Å². The van der Waals surface area contributed by atoms with Crippen LogP contribution >= 0.6 is 0 Å². The summed E-state index contributed by atoms with van der Waals surface area (Å²) in [4.78, 5) is 0. The van der Waals surface area contributed by atoms with Gasteiger partial charge in [0.05, 0.1) is 5.41 Å². The zero-order valence-corrected chi connectivity index (χ0v) is 18.9. The lowest BCUT2D eigenvalue weighted by Crippen LogP contribution is -2.33. The van der Waals surface area contributed by atoms with Crippen LogP contribution in [-0.4, -0.2) is 6.18 Å². The van der Waals surface area contributed by atoms with Crippen molar-refractivity contribution in [1.29, 1.82) is 0 Å². The van der Waals surface area contributed by atoms with Crippen molar-refractivity contribution in [2.45, 2.75) is 113 Å². The van der Waals surface area contributed by atoms with Gasteiger partial charge in [-0.1, -0.05) is 81.6 Å². The highest BCUT2D eigenvalue weighted by Gasteiger charge is 2.47. The largest absolute Gasteiger partial charge is 0.393 e. The van der Waals surface area contributed by atoms with Gasteiger partial charge in [-0.15, -0.1) is 0 Å². The molecule has 0 N–H and O–H groups in total. The van der Waals surface area contributed by atoms with Gasteiger partial charge in [0.25, 0.3) is 0 Å². The van der Waals surface area contributed by atoms with Crippen LogP contribution in [0.2, 0.25) is 0 Å². The van der Waals surface area contributed by atoms with E-state index in [1.165, 1.54) is 39.5 Å². The lowest BCUT2D eigenvalue weighted by molar-refractivity contribution is -0.216. The van der Waals surface area contributed by atoms with E-state index in [0.29, 0.717) is 17.3 Å². The number of alkyl halides is 3. The Morgan fingerprint density at radius 2 is 1.12 bits per heavy atom. The van der Waals surface area contributed by atoms with Gasteiger partial charge in [-0.3, -0.25) is 0 Å². The Morgan fingerprint density at radius 1 is 0.654 bits per heavy atom. The lowest BCUT2D eigenvalue weighted by atomic mass is 9.77. The molecule has 0 aromatic heterocycles. The molecule has 0 heterocycles. The van der Waals surface area contributed by atoms with Gasteiger partial charge in [-0.2, -0.15) is 13.2 Å². The summed E-state index contributed by atoms with van der Waals surface area (Å²) in [6.45, 7) is 18.5. The summed E-state index contributed by atoms with van der Waals surface area (Å²) in [6, 6.07) is 0. The standard InChI is InChI=1S/C23H45F3/c1-17(2)15-21(6,7)13-12-19(4)14-18(3)10-11-20(5)16-22(8,9)23(24,25)26/h17-20H,10-16H2,1-9H3. The van der Waals surface area contributed by atoms with Crippen molar-refractivity contribution in [3.63, 3.8) is 0 Å². The summed E-state index contributed by atoms with van der Waals surface area (Å²) in [7, 11) is 0. The molecule has 0 amide bonds. The maximum Gasteiger partial charge on any atom is 0.393 e. The first-order valence-electron chi connectivity index (χ1n) is 10.6. The fourth-order valence-electron chi connectivity index (χ4n) is 4.42. The second-order valence-electron chi connectivity index (χ2n) is 11.0. The predicted octanol–water partition coefficient (Wildman–Crippen LogP) is 8.90. The third kappa shape index (κ3) is 10.8. The second kappa shape index (κ2) is 10.4. The fraction of sp³-hybridized carbons (Fsp3) is 1.00. The van der Waals surface area contributed by atoms with Crippen LogP contribution in [0.15, 0.2) is 0 Å². The minimum absolute atomic E-state index is 0.120. The molecule has 158 valence electrons. The van der Waals surface area contributed by atoms with E-state index < -0.39 is 11.6 Å². The minimum Gasteiger partial charge on any atom is -0.171 e. The molecule has 0 spiro atoms. The molecule has 26 heavy (non-hydrogen) atoms. The van der Waals surface area contributed by atoms with Gasteiger partial charge in [-0.25, -0.2) is 0 Å². The molecule has 3 heteroatoms. The molecule has 0 saturated carbocycles. The molecular formula is C23H45F3. The number of halogens is 3. The predicted molar refractivity (Wildman–Crippen MR) is 108 cm³/mol. The molecule has 0 aromatic rings. The number of hydrogen-bond acceptors (Lipinski definition) is 0. The molecule has 0 bridgehead atoms. The van der Waals surface area contributed by atoms with Crippen LogP contribution in [0, 0.1) is 34.5 Å². The van der Waals surface area contributed by atoms with Crippen LogP contribution in [-0.2, 0) is 0 Å². The molecule has 0 aliphatic rings. The summed E-state index contributed by atoms with van der Waals surface area (Å²) in [5.41, 5.74) is -1.17. The molecule has 0 aliphatic heterocycles. The highest BCUT2D eigenvalue weighted by molar-refractivity contribution is 4.79. The van der Waals surface area contributed by atoms with E-state index in [1.807, 2.05) is 6.92 Å². The van der Waals surface area contributed by atoms with E-state index >= 15 is 0 Å². The third-order valence-electron chi connectivity index (χ3n) is 5.86. The quantitative estimate of drug-likeness (QED) is 0.318.